The summed E-state index contributed by atoms with van der Waals surface area (Å²) in [6, 6.07) is 0. The van der Waals surface area contributed by atoms with Gasteiger partial charge in [0.05, 0.1) is 0 Å². The summed E-state index contributed by atoms with van der Waals surface area (Å²) in [5.41, 5.74) is 0. The number of nitrogens with zero attached hydrogens (tertiary/aromatic N) is 1. The third-order valence-electron chi connectivity index (χ3n) is 0. The van der Waals surface area contributed by atoms with Gasteiger partial charge in [-0.1, -0.05) is 0 Å². The number of rotatable bonds is 0. The Kier molecular flexibility index (Phi) is 51.3. The van der Waals surface area contributed by atoms with E-state index in [-0.39, 0.29) is 99.0 Å². The molecule has 0 rings (SSSR count). The minimum atomic E-state index is -1.50. The predicted octanol–water partition coefficient (Wildman–Crippen LogP) is -1.76. The molecule has 0 heterocycles. The zero-order valence-electron chi connectivity index (χ0n) is 2.12. The minimum absolute atomic E-state index is 0. The molecule has 0 aliphatic rings. The Morgan fingerprint density at radius 2 is 1.57 bits per heavy atom. The Bertz CT molecular complexity index is 37.9. The van der Waals surface area contributed by atoms with Gasteiger partial charge in [0, 0.05) is 0 Å². The van der Waals surface area contributed by atoms with Crippen molar-refractivity contribution in [2.75, 3.05) is 0 Å². The fourth-order valence-electron chi connectivity index (χ4n) is 0. The second-order valence-corrected chi connectivity index (χ2v) is 0.238. The normalized spacial score (nSPS) is 3.43. The molecule has 0 amide bonds. The van der Waals surface area contributed by atoms with Crippen molar-refractivity contribution in [3.8, 4) is 0 Å². The topological polar surface area (TPSA) is 63.4 Å². The second-order valence-electron chi connectivity index (χ2n) is 0.238. The Labute approximate surface area is 117 Å². The zero-order valence-corrected chi connectivity index (χ0v) is 2.94. The van der Waals surface area contributed by atoms with E-state index in [1.165, 1.54) is 0 Å². The standard InChI is InChI=1S/Ba.Ca.ClH.HNO3.4H/c;;;2-1(3)4;;;;/h;;1H;(H,2,3,4);;;;. The van der Waals surface area contributed by atoms with Crippen LogP contribution >= 0.6 is 12.4 Å². The molecule has 7 heteroatoms. The molecule has 0 aromatic carbocycles. The van der Waals surface area contributed by atoms with E-state index >= 15 is 0 Å². The summed E-state index contributed by atoms with van der Waals surface area (Å²) in [7, 11) is 0. The van der Waals surface area contributed by atoms with Crippen molar-refractivity contribution in [2.45, 2.75) is 0 Å². The van der Waals surface area contributed by atoms with Crippen molar-refractivity contribution in [3.63, 3.8) is 0 Å². The van der Waals surface area contributed by atoms with E-state index in [1.54, 1.807) is 0 Å². The first-order valence-electron chi connectivity index (χ1n) is 0.565. The molecule has 0 radical (unpaired) electrons. The summed E-state index contributed by atoms with van der Waals surface area (Å²) in [5, 5.41) is 13.6. The van der Waals surface area contributed by atoms with E-state index in [2.05, 4.69) is 0 Å². The molecule has 0 spiro atoms. The van der Waals surface area contributed by atoms with Crippen LogP contribution in [0.5, 0.6) is 0 Å². The van der Waals surface area contributed by atoms with Crippen LogP contribution in [0.25, 0.3) is 0 Å². The Balaban J connectivity index is -0.0000000150. The third-order valence-corrected chi connectivity index (χ3v) is 0. The molecular weight excluding hydrogens is 275 g/mol. The van der Waals surface area contributed by atoms with Crippen molar-refractivity contribution in [1.29, 1.82) is 0 Å². The van der Waals surface area contributed by atoms with Crippen molar-refractivity contribution < 1.29 is 10.3 Å². The van der Waals surface area contributed by atoms with Gasteiger partial charge in [0.2, 0.25) is 0 Å². The maximum absolute atomic E-state index is 8.36. The van der Waals surface area contributed by atoms with Gasteiger partial charge in [-0.25, -0.2) is 0 Å². The van der Waals surface area contributed by atoms with Crippen LogP contribution in [0.2, 0.25) is 0 Å². The van der Waals surface area contributed by atoms with Crippen LogP contribution in [0.15, 0.2) is 0 Å². The average molecular weight is 281 g/mol. The van der Waals surface area contributed by atoms with Crippen LogP contribution < -0.4 is 0 Å². The molecule has 0 aromatic rings. The molecule has 0 aromatic heterocycles. The summed E-state index contributed by atoms with van der Waals surface area (Å²) in [4.78, 5) is 8.36. The molecule has 4 nitrogen and oxygen atoms in total. The molecule has 0 aliphatic carbocycles. The number of hydrogen-bond acceptors (Lipinski definition) is 2. The summed E-state index contributed by atoms with van der Waals surface area (Å²) in [6.45, 7) is 0. The van der Waals surface area contributed by atoms with Crippen LogP contribution in [0.4, 0.5) is 0 Å². The van der Waals surface area contributed by atoms with Crippen molar-refractivity contribution in [2.24, 2.45) is 0 Å². The molecule has 7 heavy (non-hydrogen) atoms. The van der Waals surface area contributed by atoms with Gasteiger partial charge in [-0.15, -0.1) is 22.5 Å². The summed E-state index contributed by atoms with van der Waals surface area (Å²) in [5.74, 6) is 0. The summed E-state index contributed by atoms with van der Waals surface area (Å²) < 4.78 is 0. The number of hydrogen-bond donors (Lipinski definition) is 1. The predicted molar refractivity (Wildman–Crippen MR) is 33.1 cm³/mol. The van der Waals surface area contributed by atoms with Crippen LogP contribution in [-0.2, 0) is 0 Å². The van der Waals surface area contributed by atoms with Gasteiger partial charge >= 0.3 is 86.6 Å². The van der Waals surface area contributed by atoms with Crippen LogP contribution in [0, 0.1) is 10.1 Å². The van der Waals surface area contributed by atoms with Crippen LogP contribution in [0.3, 0.4) is 0 Å². The van der Waals surface area contributed by atoms with Gasteiger partial charge in [-0.2, -0.15) is 0 Å². The van der Waals surface area contributed by atoms with E-state index in [9.17, 15) is 0 Å². The van der Waals surface area contributed by atoms with Crippen molar-refractivity contribution in [1.82, 2.24) is 0 Å². The van der Waals surface area contributed by atoms with E-state index in [0.29, 0.717) is 0 Å². The molecule has 0 aliphatic heterocycles. The molecule has 0 saturated carbocycles. The molecule has 40 valence electrons. The van der Waals surface area contributed by atoms with Crippen LogP contribution in [0.1, 0.15) is 0 Å². The molecule has 0 bridgehead atoms. The van der Waals surface area contributed by atoms with Crippen molar-refractivity contribution >= 4 is 99.0 Å². The molecule has 0 atom stereocenters. The van der Waals surface area contributed by atoms with Gasteiger partial charge in [0.15, 0.2) is 0 Å². The van der Waals surface area contributed by atoms with Crippen LogP contribution in [-0.4, -0.2) is 96.9 Å². The maximum atomic E-state index is 8.36. The van der Waals surface area contributed by atoms with Gasteiger partial charge < -0.3 is 5.21 Å². The third kappa shape index (κ3) is 61.7. The van der Waals surface area contributed by atoms with Crippen molar-refractivity contribution in [3.05, 3.63) is 10.1 Å². The van der Waals surface area contributed by atoms with E-state index in [1.807, 2.05) is 0 Å². The quantitative estimate of drug-likeness (QED) is 0.325. The summed E-state index contributed by atoms with van der Waals surface area (Å²) >= 11 is 0. The monoisotopic (exact) mass is 281 g/mol. The molecule has 1 N–H and O–H groups in total. The van der Waals surface area contributed by atoms with Gasteiger partial charge in [0.1, 0.15) is 0 Å². The van der Waals surface area contributed by atoms with Gasteiger partial charge in [-0.3, -0.25) is 0 Å². The zero-order chi connectivity index (χ0) is 3.58. The summed E-state index contributed by atoms with van der Waals surface area (Å²) in [6.07, 6.45) is 0. The average Bonchev–Trinajstić information content (AvgIpc) is 0.811. The molecule has 0 saturated heterocycles. The molecule has 0 fully saturated rings. The Morgan fingerprint density at radius 1 is 1.57 bits per heavy atom. The Hall–Kier alpha value is 2.32. The van der Waals surface area contributed by atoms with Gasteiger partial charge in [0.25, 0.3) is 5.09 Å². The van der Waals surface area contributed by atoms with E-state index < -0.39 is 5.09 Å². The fraction of sp³-hybridized carbons (Fsp3) is 0. The molecular formula is H6BaCaClNO3. The first-order chi connectivity index (χ1) is 1.73. The first kappa shape index (κ1) is 22.8. The number of halogens is 1. The molecule has 0 unspecified atom stereocenters. The first-order valence-corrected chi connectivity index (χ1v) is 0.565. The Morgan fingerprint density at radius 3 is 1.57 bits per heavy atom. The van der Waals surface area contributed by atoms with Gasteiger partial charge in [-0.05, 0) is 0 Å². The van der Waals surface area contributed by atoms with E-state index in [4.69, 9.17) is 15.3 Å². The SMILES string of the molecule is Cl.O=[N+]([O-])O.[BaH2].[CaH2]. The fourth-order valence-corrected chi connectivity index (χ4v) is 0. The second kappa shape index (κ2) is 15.8. The van der Waals surface area contributed by atoms with E-state index in [0.717, 1.165) is 0 Å².